The van der Waals surface area contributed by atoms with E-state index in [1.165, 1.54) is 11.1 Å². The third-order valence-electron chi connectivity index (χ3n) is 3.72. The normalized spacial score (nSPS) is 25.8. The van der Waals surface area contributed by atoms with Crippen molar-refractivity contribution in [3.8, 4) is 0 Å². The number of carbonyl (C=O) groups is 1. The maximum Gasteiger partial charge on any atom is 0.307 e. The minimum absolute atomic E-state index is 0.118. The molecule has 2 atom stereocenters. The first kappa shape index (κ1) is 12.1. The van der Waals surface area contributed by atoms with Gasteiger partial charge in [0.1, 0.15) is 0 Å². The Morgan fingerprint density at radius 2 is 2.12 bits per heavy atom. The number of hydrogen-bond donors (Lipinski definition) is 1. The molecular formula is C14H19NO2. The molecule has 1 aromatic carbocycles. The van der Waals surface area contributed by atoms with E-state index < -0.39 is 5.97 Å². The van der Waals surface area contributed by atoms with E-state index in [0.717, 1.165) is 19.5 Å². The molecule has 0 amide bonds. The SMILES string of the molecule is Cc1ccccc1C1CN(C)CCC1C(=O)O. The Kier molecular flexibility index (Phi) is 3.48. The lowest BCUT2D eigenvalue weighted by atomic mass is 9.79. The number of carboxylic acid groups (broad SMARTS) is 1. The van der Waals surface area contributed by atoms with Crippen molar-refractivity contribution in [2.75, 3.05) is 20.1 Å². The van der Waals surface area contributed by atoms with Crippen molar-refractivity contribution in [3.05, 3.63) is 35.4 Å². The van der Waals surface area contributed by atoms with E-state index in [4.69, 9.17) is 0 Å². The summed E-state index contributed by atoms with van der Waals surface area (Å²) >= 11 is 0. The Hall–Kier alpha value is -1.35. The molecule has 1 fully saturated rings. The van der Waals surface area contributed by atoms with Gasteiger partial charge in [0.2, 0.25) is 0 Å². The molecule has 0 aromatic heterocycles. The highest BCUT2D eigenvalue weighted by molar-refractivity contribution is 5.71. The highest BCUT2D eigenvalue weighted by Gasteiger charge is 2.34. The van der Waals surface area contributed by atoms with Crippen LogP contribution in [0.2, 0.25) is 0 Å². The molecule has 0 saturated carbocycles. The molecule has 0 aliphatic carbocycles. The van der Waals surface area contributed by atoms with Crippen molar-refractivity contribution in [1.82, 2.24) is 4.90 Å². The third kappa shape index (κ3) is 2.50. The van der Waals surface area contributed by atoms with Gasteiger partial charge in [-0.15, -0.1) is 0 Å². The summed E-state index contributed by atoms with van der Waals surface area (Å²) in [5, 5.41) is 9.33. The minimum atomic E-state index is -0.661. The maximum atomic E-state index is 11.3. The van der Waals surface area contributed by atoms with Gasteiger partial charge in [-0.05, 0) is 38.1 Å². The maximum absolute atomic E-state index is 11.3. The van der Waals surface area contributed by atoms with E-state index in [9.17, 15) is 9.90 Å². The van der Waals surface area contributed by atoms with Crippen LogP contribution in [-0.4, -0.2) is 36.1 Å². The molecule has 1 aliphatic rings. The third-order valence-corrected chi connectivity index (χ3v) is 3.72. The predicted octanol–water partition coefficient (Wildman–Crippen LogP) is 2.11. The zero-order chi connectivity index (χ0) is 12.4. The molecule has 1 aromatic rings. The van der Waals surface area contributed by atoms with Gasteiger partial charge < -0.3 is 10.0 Å². The molecule has 3 heteroatoms. The largest absolute Gasteiger partial charge is 0.481 e. The number of piperidine rings is 1. The number of carboxylic acids is 1. The molecule has 1 saturated heterocycles. The Bertz CT molecular complexity index is 416. The molecular weight excluding hydrogens is 214 g/mol. The van der Waals surface area contributed by atoms with Crippen molar-refractivity contribution in [3.63, 3.8) is 0 Å². The first-order chi connectivity index (χ1) is 8.09. The van der Waals surface area contributed by atoms with E-state index in [2.05, 4.69) is 31.0 Å². The number of rotatable bonds is 2. The zero-order valence-corrected chi connectivity index (χ0v) is 10.4. The quantitative estimate of drug-likeness (QED) is 0.850. The summed E-state index contributed by atoms with van der Waals surface area (Å²) in [6, 6.07) is 8.12. The van der Waals surface area contributed by atoms with E-state index in [1.54, 1.807) is 0 Å². The molecule has 2 rings (SSSR count). The molecule has 92 valence electrons. The summed E-state index contributed by atoms with van der Waals surface area (Å²) < 4.78 is 0. The van der Waals surface area contributed by atoms with Gasteiger partial charge in [0.05, 0.1) is 5.92 Å². The average Bonchev–Trinajstić information content (AvgIpc) is 2.29. The number of hydrogen-bond acceptors (Lipinski definition) is 2. The molecule has 1 aliphatic heterocycles. The second-order valence-electron chi connectivity index (χ2n) is 4.96. The highest BCUT2D eigenvalue weighted by Crippen LogP contribution is 2.33. The van der Waals surface area contributed by atoms with Gasteiger partial charge in [0, 0.05) is 12.5 Å². The number of aliphatic carboxylic acids is 1. The average molecular weight is 233 g/mol. The van der Waals surface area contributed by atoms with Crippen LogP contribution in [-0.2, 0) is 4.79 Å². The lowest BCUT2D eigenvalue weighted by Crippen LogP contribution is -2.40. The lowest BCUT2D eigenvalue weighted by molar-refractivity contribution is -0.144. The topological polar surface area (TPSA) is 40.5 Å². The van der Waals surface area contributed by atoms with Gasteiger partial charge in [-0.3, -0.25) is 4.79 Å². The van der Waals surface area contributed by atoms with Gasteiger partial charge in [-0.1, -0.05) is 24.3 Å². The molecule has 2 unspecified atom stereocenters. The fourth-order valence-electron chi connectivity index (χ4n) is 2.73. The number of nitrogens with zero attached hydrogens (tertiary/aromatic N) is 1. The summed E-state index contributed by atoms with van der Waals surface area (Å²) in [5.74, 6) is -0.786. The van der Waals surface area contributed by atoms with Gasteiger partial charge in [-0.25, -0.2) is 0 Å². The van der Waals surface area contributed by atoms with Crippen LogP contribution in [0.15, 0.2) is 24.3 Å². The van der Waals surface area contributed by atoms with Gasteiger partial charge in [0.15, 0.2) is 0 Å². The Morgan fingerprint density at radius 1 is 1.41 bits per heavy atom. The smallest absolute Gasteiger partial charge is 0.307 e. The number of likely N-dealkylation sites (tertiary alicyclic amines) is 1. The predicted molar refractivity (Wildman–Crippen MR) is 67.2 cm³/mol. The van der Waals surface area contributed by atoms with Gasteiger partial charge in [-0.2, -0.15) is 0 Å². The molecule has 1 N–H and O–H groups in total. The van der Waals surface area contributed by atoms with Crippen molar-refractivity contribution >= 4 is 5.97 Å². The van der Waals surface area contributed by atoms with Gasteiger partial charge >= 0.3 is 5.97 Å². The Balaban J connectivity index is 2.32. The lowest BCUT2D eigenvalue weighted by Gasteiger charge is -2.35. The minimum Gasteiger partial charge on any atom is -0.481 e. The molecule has 0 bridgehead atoms. The summed E-state index contributed by atoms with van der Waals surface area (Å²) in [5.41, 5.74) is 2.38. The van der Waals surface area contributed by atoms with Crippen LogP contribution in [0.3, 0.4) is 0 Å². The van der Waals surface area contributed by atoms with Crippen molar-refractivity contribution in [2.45, 2.75) is 19.3 Å². The fourth-order valence-corrected chi connectivity index (χ4v) is 2.73. The highest BCUT2D eigenvalue weighted by atomic mass is 16.4. The van der Waals surface area contributed by atoms with Crippen LogP contribution < -0.4 is 0 Å². The Labute approximate surface area is 102 Å². The van der Waals surface area contributed by atoms with E-state index in [1.807, 2.05) is 12.1 Å². The van der Waals surface area contributed by atoms with E-state index in [0.29, 0.717) is 0 Å². The first-order valence-electron chi connectivity index (χ1n) is 6.06. The standard InChI is InChI=1S/C14H19NO2/c1-10-5-3-4-6-11(10)13-9-15(2)8-7-12(13)14(16)17/h3-6,12-13H,7-9H2,1-2H3,(H,16,17). The van der Waals surface area contributed by atoms with Crippen LogP contribution in [0, 0.1) is 12.8 Å². The van der Waals surface area contributed by atoms with Crippen LogP contribution in [0.1, 0.15) is 23.5 Å². The van der Waals surface area contributed by atoms with Crippen molar-refractivity contribution < 1.29 is 9.90 Å². The van der Waals surface area contributed by atoms with Gasteiger partial charge in [0.25, 0.3) is 0 Å². The van der Waals surface area contributed by atoms with Crippen molar-refractivity contribution in [1.29, 1.82) is 0 Å². The first-order valence-corrected chi connectivity index (χ1v) is 6.06. The van der Waals surface area contributed by atoms with Crippen molar-refractivity contribution in [2.24, 2.45) is 5.92 Å². The van der Waals surface area contributed by atoms with Crippen LogP contribution in [0.5, 0.6) is 0 Å². The van der Waals surface area contributed by atoms with Crippen LogP contribution >= 0.6 is 0 Å². The molecule has 1 heterocycles. The summed E-state index contributed by atoms with van der Waals surface area (Å²) in [6.45, 7) is 3.77. The molecule has 0 spiro atoms. The summed E-state index contributed by atoms with van der Waals surface area (Å²) in [4.78, 5) is 13.6. The zero-order valence-electron chi connectivity index (χ0n) is 10.4. The second kappa shape index (κ2) is 4.88. The summed E-state index contributed by atoms with van der Waals surface area (Å²) in [7, 11) is 2.06. The van der Waals surface area contributed by atoms with E-state index in [-0.39, 0.29) is 11.8 Å². The number of aryl methyl sites for hydroxylation is 1. The number of benzene rings is 1. The molecule has 17 heavy (non-hydrogen) atoms. The number of likely N-dealkylation sites (N-methyl/N-ethyl adjacent to an activating group) is 1. The second-order valence-corrected chi connectivity index (χ2v) is 4.96. The molecule has 3 nitrogen and oxygen atoms in total. The fraction of sp³-hybridized carbons (Fsp3) is 0.500. The molecule has 0 radical (unpaired) electrons. The van der Waals surface area contributed by atoms with E-state index >= 15 is 0 Å². The van der Waals surface area contributed by atoms with Crippen LogP contribution in [0.25, 0.3) is 0 Å². The van der Waals surface area contributed by atoms with Crippen LogP contribution in [0.4, 0.5) is 0 Å². The monoisotopic (exact) mass is 233 g/mol. The summed E-state index contributed by atoms with van der Waals surface area (Å²) in [6.07, 6.45) is 0.741. The Morgan fingerprint density at radius 3 is 2.76 bits per heavy atom.